The largest absolute Gasteiger partial charge is 0.343 e. The Balaban J connectivity index is 2.35. The molecule has 2 aromatic rings. The maximum absolute atomic E-state index is 5.95. The molecule has 1 aliphatic heterocycles. The second kappa shape index (κ2) is 2.61. The maximum atomic E-state index is 5.95. The van der Waals surface area contributed by atoms with Gasteiger partial charge in [-0.15, -0.1) is 0 Å². The summed E-state index contributed by atoms with van der Waals surface area (Å²) in [5.41, 5.74) is 10.1. The van der Waals surface area contributed by atoms with Crippen molar-refractivity contribution < 1.29 is 0 Å². The molecule has 0 bridgehead atoms. The highest BCUT2D eigenvalue weighted by atomic mass is 15.0. The topological polar surface area (TPSA) is 30.9 Å². The highest BCUT2D eigenvalue weighted by molar-refractivity contribution is 5.84. The van der Waals surface area contributed by atoms with E-state index in [0.29, 0.717) is 6.04 Å². The summed E-state index contributed by atoms with van der Waals surface area (Å²) in [5, 5.41) is 1.35. The van der Waals surface area contributed by atoms with E-state index in [1.807, 2.05) is 0 Å². The van der Waals surface area contributed by atoms with E-state index in [2.05, 4.69) is 35.8 Å². The Hall–Kier alpha value is -1.28. The molecule has 0 spiro atoms. The minimum Gasteiger partial charge on any atom is -0.343 e. The van der Waals surface area contributed by atoms with Gasteiger partial charge in [-0.25, -0.2) is 0 Å². The van der Waals surface area contributed by atoms with E-state index in [4.69, 9.17) is 5.73 Å². The number of hydrogen-bond donors (Lipinski definition) is 1. The van der Waals surface area contributed by atoms with Gasteiger partial charge in [0.2, 0.25) is 0 Å². The maximum Gasteiger partial charge on any atom is 0.0512 e. The minimum absolute atomic E-state index is 0.314. The number of nitrogens with zero attached hydrogens (tertiary/aromatic N) is 1. The van der Waals surface area contributed by atoms with E-state index >= 15 is 0 Å². The van der Waals surface area contributed by atoms with Crippen LogP contribution in [0.4, 0.5) is 0 Å². The Morgan fingerprint density at radius 1 is 1.43 bits per heavy atom. The third-order valence-electron chi connectivity index (χ3n) is 3.10. The van der Waals surface area contributed by atoms with Crippen LogP contribution in [0.1, 0.15) is 11.3 Å². The number of aromatic nitrogens is 1. The van der Waals surface area contributed by atoms with Crippen LogP contribution in [-0.2, 0) is 13.0 Å². The van der Waals surface area contributed by atoms with Crippen molar-refractivity contribution in [3.63, 3.8) is 0 Å². The molecule has 3 rings (SSSR count). The second-order valence-electron chi connectivity index (χ2n) is 4.22. The van der Waals surface area contributed by atoms with Crippen molar-refractivity contribution in [2.24, 2.45) is 5.73 Å². The molecule has 2 N–H and O–H groups in total. The number of benzene rings is 1. The molecular formula is C12H14N2. The van der Waals surface area contributed by atoms with Crippen LogP contribution in [-0.4, -0.2) is 10.6 Å². The Morgan fingerprint density at radius 3 is 3.14 bits per heavy atom. The standard InChI is InChI=1S/C12H14N2/c1-8-3-2-4-9-5-11-6-10(13)7-14(11)12(8)9/h2-5,10H,6-7,13H2,1H3. The van der Waals surface area contributed by atoms with E-state index in [1.165, 1.54) is 22.2 Å². The van der Waals surface area contributed by atoms with Gasteiger partial charge in [0.1, 0.15) is 0 Å². The van der Waals surface area contributed by atoms with Gasteiger partial charge in [0.05, 0.1) is 5.52 Å². The van der Waals surface area contributed by atoms with Gasteiger partial charge < -0.3 is 10.3 Å². The summed E-state index contributed by atoms with van der Waals surface area (Å²) in [4.78, 5) is 0. The molecule has 72 valence electrons. The van der Waals surface area contributed by atoms with E-state index in [1.54, 1.807) is 0 Å². The Bertz CT molecular complexity index is 496. The summed E-state index contributed by atoms with van der Waals surface area (Å²) >= 11 is 0. The minimum atomic E-state index is 0.314. The van der Waals surface area contributed by atoms with E-state index in [9.17, 15) is 0 Å². The van der Waals surface area contributed by atoms with Crippen molar-refractivity contribution in [1.82, 2.24) is 4.57 Å². The summed E-state index contributed by atoms with van der Waals surface area (Å²) in [6, 6.07) is 9.05. The summed E-state index contributed by atoms with van der Waals surface area (Å²) in [5.74, 6) is 0. The van der Waals surface area contributed by atoms with Gasteiger partial charge in [-0.3, -0.25) is 0 Å². The first-order valence-corrected chi connectivity index (χ1v) is 5.09. The average molecular weight is 186 g/mol. The lowest BCUT2D eigenvalue weighted by molar-refractivity contribution is 0.651. The molecule has 1 unspecified atom stereocenters. The highest BCUT2D eigenvalue weighted by Gasteiger charge is 2.20. The average Bonchev–Trinajstić information content (AvgIpc) is 2.60. The summed E-state index contributed by atoms with van der Waals surface area (Å²) in [6.45, 7) is 3.14. The van der Waals surface area contributed by atoms with Crippen LogP contribution in [0.2, 0.25) is 0 Å². The predicted octanol–water partition coefficient (Wildman–Crippen LogP) is 1.83. The monoisotopic (exact) mass is 186 g/mol. The lowest BCUT2D eigenvalue weighted by Gasteiger charge is -2.05. The Kier molecular flexibility index (Phi) is 1.50. The molecule has 2 nitrogen and oxygen atoms in total. The first kappa shape index (κ1) is 8.06. The SMILES string of the molecule is Cc1cccc2cc3n(c12)CC(N)C3. The summed E-state index contributed by atoms with van der Waals surface area (Å²) < 4.78 is 2.37. The van der Waals surface area contributed by atoms with Gasteiger partial charge >= 0.3 is 0 Å². The molecule has 0 aliphatic carbocycles. The van der Waals surface area contributed by atoms with Gasteiger partial charge in [0, 0.05) is 30.1 Å². The first-order chi connectivity index (χ1) is 6.75. The van der Waals surface area contributed by atoms with Crippen LogP contribution in [0, 0.1) is 6.92 Å². The van der Waals surface area contributed by atoms with E-state index in [-0.39, 0.29) is 0 Å². The fraction of sp³-hybridized carbons (Fsp3) is 0.333. The number of nitrogens with two attached hydrogens (primary N) is 1. The lowest BCUT2D eigenvalue weighted by atomic mass is 10.1. The van der Waals surface area contributed by atoms with Crippen molar-refractivity contribution in [3.8, 4) is 0 Å². The van der Waals surface area contributed by atoms with Crippen LogP contribution in [0.5, 0.6) is 0 Å². The van der Waals surface area contributed by atoms with E-state index in [0.717, 1.165) is 13.0 Å². The molecule has 1 aromatic carbocycles. The predicted molar refractivity (Wildman–Crippen MR) is 58.4 cm³/mol. The quantitative estimate of drug-likeness (QED) is 0.668. The molecular weight excluding hydrogens is 172 g/mol. The lowest BCUT2D eigenvalue weighted by Crippen LogP contribution is -2.20. The van der Waals surface area contributed by atoms with Crippen molar-refractivity contribution in [2.75, 3.05) is 0 Å². The molecule has 1 aliphatic rings. The van der Waals surface area contributed by atoms with E-state index < -0.39 is 0 Å². The first-order valence-electron chi connectivity index (χ1n) is 5.09. The van der Waals surface area contributed by atoms with Crippen LogP contribution in [0.15, 0.2) is 24.3 Å². The number of hydrogen-bond acceptors (Lipinski definition) is 1. The van der Waals surface area contributed by atoms with Gasteiger partial charge in [0.25, 0.3) is 0 Å². The third-order valence-corrected chi connectivity index (χ3v) is 3.10. The molecule has 14 heavy (non-hydrogen) atoms. The molecule has 0 radical (unpaired) electrons. The zero-order valence-corrected chi connectivity index (χ0v) is 8.33. The molecule has 2 heteroatoms. The van der Waals surface area contributed by atoms with Crippen molar-refractivity contribution in [3.05, 3.63) is 35.5 Å². The van der Waals surface area contributed by atoms with Crippen LogP contribution < -0.4 is 5.73 Å². The van der Waals surface area contributed by atoms with Gasteiger partial charge in [-0.1, -0.05) is 18.2 Å². The van der Waals surface area contributed by atoms with Gasteiger partial charge in [-0.2, -0.15) is 0 Å². The molecule has 1 aromatic heterocycles. The number of aryl methyl sites for hydroxylation is 1. The van der Waals surface area contributed by atoms with Crippen LogP contribution in [0.3, 0.4) is 0 Å². The smallest absolute Gasteiger partial charge is 0.0512 e. The highest BCUT2D eigenvalue weighted by Crippen LogP contribution is 2.27. The van der Waals surface area contributed by atoms with Crippen molar-refractivity contribution in [2.45, 2.75) is 25.9 Å². The fourth-order valence-corrected chi connectivity index (χ4v) is 2.51. The molecule has 0 saturated carbocycles. The molecule has 0 saturated heterocycles. The number of fused-ring (bicyclic) bond motifs is 3. The van der Waals surface area contributed by atoms with Gasteiger partial charge in [-0.05, 0) is 18.6 Å². The summed E-state index contributed by atoms with van der Waals surface area (Å²) in [7, 11) is 0. The van der Waals surface area contributed by atoms with Crippen LogP contribution in [0.25, 0.3) is 10.9 Å². The summed E-state index contributed by atoms with van der Waals surface area (Å²) in [6.07, 6.45) is 1.02. The Morgan fingerprint density at radius 2 is 2.29 bits per heavy atom. The Labute approximate surface area is 83.3 Å². The van der Waals surface area contributed by atoms with Crippen LogP contribution >= 0.6 is 0 Å². The number of para-hydroxylation sites is 1. The van der Waals surface area contributed by atoms with Crippen molar-refractivity contribution >= 4 is 10.9 Å². The second-order valence-corrected chi connectivity index (χ2v) is 4.22. The molecule has 0 fully saturated rings. The molecule has 0 amide bonds. The zero-order chi connectivity index (χ0) is 9.71. The molecule has 2 heterocycles. The fourth-order valence-electron chi connectivity index (χ4n) is 2.51. The van der Waals surface area contributed by atoms with Gasteiger partial charge in [0.15, 0.2) is 0 Å². The molecule has 1 atom stereocenters. The normalized spacial score (nSPS) is 20.3. The van der Waals surface area contributed by atoms with Crippen molar-refractivity contribution in [1.29, 1.82) is 0 Å². The number of rotatable bonds is 0. The third kappa shape index (κ3) is 0.946. The zero-order valence-electron chi connectivity index (χ0n) is 8.33.